The predicted molar refractivity (Wildman–Crippen MR) is 79.8 cm³/mol. The Morgan fingerprint density at radius 1 is 1.35 bits per heavy atom. The van der Waals surface area contributed by atoms with E-state index >= 15 is 0 Å². The first-order valence-corrected chi connectivity index (χ1v) is 7.86. The number of thioether (sulfide) groups is 1. The van der Waals surface area contributed by atoms with Gasteiger partial charge in [0.15, 0.2) is 0 Å². The summed E-state index contributed by atoms with van der Waals surface area (Å²) in [6.07, 6.45) is 0. The van der Waals surface area contributed by atoms with Crippen LogP contribution in [0.15, 0.2) is 29.2 Å². The molecule has 0 aliphatic rings. The van der Waals surface area contributed by atoms with Crippen molar-refractivity contribution < 1.29 is 9.18 Å². The van der Waals surface area contributed by atoms with Crippen LogP contribution in [0.2, 0.25) is 0 Å². The lowest BCUT2D eigenvalue weighted by atomic mass is 10.2. The second-order valence-corrected chi connectivity index (χ2v) is 6.45. The lowest BCUT2D eigenvalue weighted by molar-refractivity contribution is -0.113. The van der Waals surface area contributed by atoms with Gasteiger partial charge in [-0.25, -0.2) is 4.39 Å². The van der Waals surface area contributed by atoms with Gasteiger partial charge in [-0.05, 0) is 24.3 Å². The van der Waals surface area contributed by atoms with Crippen LogP contribution in [0.5, 0.6) is 0 Å². The molecule has 0 spiro atoms. The summed E-state index contributed by atoms with van der Waals surface area (Å²) in [4.78, 5) is 12.6. The number of aromatic nitrogens is 2. The van der Waals surface area contributed by atoms with Gasteiger partial charge in [-0.2, -0.15) is 0 Å². The number of carbonyl (C=O) groups excluding carboxylic acids is 1. The standard InChI is InChI=1S/C13H14FN3OS2/c1-8(2)12-16-17-13(20-12)15-11(18)7-19-10-5-3-9(14)4-6-10/h3-6,8H,7H2,1-2H3,(H,15,17,18). The van der Waals surface area contributed by atoms with E-state index in [4.69, 9.17) is 0 Å². The normalized spacial score (nSPS) is 10.8. The van der Waals surface area contributed by atoms with Crippen molar-refractivity contribution in [2.24, 2.45) is 0 Å². The molecule has 0 aliphatic heterocycles. The number of carbonyl (C=O) groups is 1. The molecule has 0 aliphatic carbocycles. The highest BCUT2D eigenvalue weighted by Gasteiger charge is 2.10. The molecule has 7 heteroatoms. The number of nitrogens with zero attached hydrogens (tertiary/aromatic N) is 2. The molecule has 0 saturated carbocycles. The summed E-state index contributed by atoms with van der Waals surface area (Å²) < 4.78 is 12.7. The lowest BCUT2D eigenvalue weighted by Crippen LogP contribution is -2.13. The molecule has 0 radical (unpaired) electrons. The number of hydrogen-bond acceptors (Lipinski definition) is 5. The van der Waals surface area contributed by atoms with Crippen LogP contribution in [0, 0.1) is 5.82 Å². The summed E-state index contributed by atoms with van der Waals surface area (Å²) in [5.74, 6) is 0.119. The molecule has 1 amide bonds. The smallest absolute Gasteiger partial charge is 0.236 e. The topological polar surface area (TPSA) is 54.9 Å². The van der Waals surface area contributed by atoms with Gasteiger partial charge in [-0.15, -0.1) is 22.0 Å². The summed E-state index contributed by atoms with van der Waals surface area (Å²) in [6, 6.07) is 6.05. The summed E-state index contributed by atoms with van der Waals surface area (Å²) in [5, 5.41) is 12.0. The molecule has 106 valence electrons. The Kier molecular flexibility index (Phi) is 5.08. The van der Waals surface area contributed by atoms with Gasteiger partial charge in [0.25, 0.3) is 0 Å². The molecule has 0 atom stereocenters. The van der Waals surface area contributed by atoms with Crippen LogP contribution >= 0.6 is 23.1 Å². The van der Waals surface area contributed by atoms with Crippen molar-refractivity contribution in [1.82, 2.24) is 10.2 Å². The second kappa shape index (κ2) is 6.81. The van der Waals surface area contributed by atoms with Crippen LogP contribution in [0.25, 0.3) is 0 Å². The summed E-state index contributed by atoms with van der Waals surface area (Å²) in [6.45, 7) is 4.05. The molecule has 0 saturated heterocycles. The van der Waals surface area contributed by atoms with Crippen LogP contribution in [0.1, 0.15) is 24.8 Å². The van der Waals surface area contributed by atoms with Gasteiger partial charge >= 0.3 is 0 Å². The molecule has 1 aromatic heterocycles. The monoisotopic (exact) mass is 311 g/mol. The maximum Gasteiger partial charge on any atom is 0.236 e. The molecule has 20 heavy (non-hydrogen) atoms. The number of halogens is 1. The molecular weight excluding hydrogens is 297 g/mol. The molecule has 2 rings (SSSR count). The van der Waals surface area contributed by atoms with E-state index < -0.39 is 0 Å². The van der Waals surface area contributed by atoms with Crippen molar-refractivity contribution in [3.8, 4) is 0 Å². The highest BCUT2D eigenvalue weighted by atomic mass is 32.2. The van der Waals surface area contributed by atoms with Gasteiger partial charge in [0.1, 0.15) is 10.8 Å². The first-order valence-electron chi connectivity index (χ1n) is 6.06. The fourth-order valence-electron chi connectivity index (χ4n) is 1.35. The van der Waals surface area contributed by atoms with E-state index in [9.17, 15) is 9.18 Å². The molecular formula is C13H14FN3OS2. The van der Waals surface area contributed by atoms with E-state index in [1.165, 1.54) is 35.2 Å². The van der Waals surface area contributed by atoms with Crippen molar-refractivity contribution >= 4 is 34.1 Å². The van der Waals surface area contributed by atoms with Crippen molar-refractivity contribution in [2.75, 3.05) is 11.1 Å². The third-order valence-corrected chi connectivity index (χ3v) is 4.52. The van der Waals surface area contributed by atoms with Gasteiger partial charge in [-0.1, -0.05) is 25.2 Å². The van der Waals surface area contributed by atoms with Gasteiger partial charge in [0.2, 0.25) is 11.0 Å². The zero-order valence-electron chi connectivity index (χ0n) is 11.1. The van der Waals surface area contributed by atoms with Gasteiger partial charge in [-0.3, -0.25) is 10.1 Å². The quantitative estimate of drug-likeness (QED) is 0.858. The molecule has 0 bridgehead atoms. The predicted octanol–water partition coefficient (Wildman–Crippen LogP) is 3.53. The fraction of sp³-hybridized carbons (Fsp3) is 0.308. The van der Waals surface area contributed by atoms with E-state index in [2.05, 4.69) is 15.5 Å². The molecule has 1 aromatic carbocycles. The Morgan fingerprint density at radius 2 is 2.05 bits per heavy atom. The number of hydrogen-bond donors (Lipinski definition) is 1. The molecule has 1 N–H and O–H groups in total. The average Bonchev–Trinajstić information content (AvgIpc) is 2.87. The summed E-state index contributed by atoms with van der Waals surface area (Å²) >= 11 is 2.73. The number of nitrogens with one attached hydrogen (secondary N) is 1. The first-order chi connectivity index (χ1) is 9.54. The average molecular weight is 311 g/mol. The maximum atomic E-state index is 12.7. The maximum absolute atomic E-state index is 12.7. The molecule has 2 aromatic rings. The minimum atomic E-state index is -0.283. The van der Waals surface area contributed by atoms with Crippen molar-refractivity contribution in [3.63, 3.8) is 0 Å². The van der Waals surface area contributed by atoms with Gasteiger partial charge in [0, 0.05) is 10.8 Å². The Labute approximate surface area is 124 Å². The number of amides is 1. The van der Waals surface area contributed by atoms with Crippen LogP contribution in [-0.2, 0) is 4.79 Å². The Balaban J connectivity index is 1.84. The SMILES string of the molecule is CC(C)c1nnc(NC(=O)CSc2ccc(F)cc2)s1. The number of anilines is 1. The minimum absolute atomic E-state index is 0.147. The van der Waals surface area contributed by atoms with Crippen LogP contribution in [0.3, 0.4) is 0 Å². The highest BCUT2D eigenvalue weighted by Crippen LogP contribution is 2.23. The van der Waals surface area contributed by atoms with E-state index in [-0.39, 0.29) is 17.5 Å². The summed E-state index contributed by atoms with van der Waals surface area (Å²) in [7, 11) is 0. The van der Waals surface area contributed by atoms with E-state index in [1.807, 2.05) is 13.8 Å². The van der Waals surface area contributed by atoms with Crippen LogP contribution < -0.4 is 5.32 Å². The fourth-order valence-corrected chi connectivity index (χ4v) is 2.81. The highest BCUT2D eigenvalue weighted by molar-refractivity contribution is 8.00. The third kappa shape index (κ3) is 4.28. The summed E-state index contributed by atoms with van der Waals surface area (Å²) in [5.41, 5.74) is 0. The van der Waals surface area contributed by atoms with Gasteiger partial charge in [0.05, 0.1) is 5.75 Å². The van der Waals surface area contributed by atoms with E-state index in [0.29, 0.717) is 11.0 Å². The molecule has 0 unspecified atom stereocenters. The van der Waals surface area contributed by atoms with E-state index in [0.717, 1.165) is 9.90 Å². The molecule has 0 fully saturated rings. The number of benzene rings is 1. The van der Waals surface area contributed by atoms with Crippen LogP contribution in [0.4, 0.5) is 9.52 Å². The Morgan fingerprint density at radius 3 is 2.65 bits per heavy atom. The zero-order valence-corrected chi connectivity index (χ0v) is 12.7. The zero-order chi connectivity index (χ0) is 14.5. The van der Waals surface area contributed by atoms with Crippen molar-refractivity contribution in [2.45, 2.75) is 24.7 Å². The Bertz CT molecular complexity index is 584. The second-order valence-electron chi connectivity index (χ2n) is 4.39. The van der Waals surface area contributed by atoms with Gasteiger partial charge < -0.3 is 0 Å². The lowest BCUT2D eigenvalue weighted by Gasteiger charge is -2.01. The minimum Gasteiger partial charge on any atom is -0.300 e. The van der Waals surface area contributed by atoms with Crippen molar-refractivity contribution in [3.05, 3.63) is 35.1 Å². The van der Waals surface area contributed by atoms with E-state index in [1.54, 1.807) is 12.1 Å². The Hall–Kier alpha value is -1.47. The molecule has 1 heterocycles. The third-order valence-electron chi connectivity index (χ3n) is 2.36. The van der Waals surface area contributed by atoms with Crippen molar-refractivity contribution in [1.29, 1.82) is 0 Å². The number of rotatable bonds is 5. The van der Waals surface area contributed by atoms with Crippen LogP contribution in [-0.4, -0.2) is 21.9 Å². The molecule has 4 nitrogen and oxygen atoms in total. The largest absolute Gasteiger partial charge is 0.300 e. The first kappa shape index (κ1) is 14.9.